The van der Waals surface area contributed by atoms with Crippen LogP contribution in [0.3, 0.4) is 0 Å². The molecule has 0 saturated carbocycles. The van der Waals surface area contributed by atoms with Gasteiger partial charge in [-0.15, -0.1) is 0 Å². The van der Waals surface area contributed by atoms with Crippen LogP contribution in [0, 0.1) is 0 Å². The number of nitrogens with one attached hydrogen (secondary N) is 2. The number of aromatic nitrogens is 2. The van der Waals surface area contributed by atoms with E-state index in [0.29, 0.717) is 11.5 Å². The first-order valence-corrected chi connectivity index (χ1v) is 8.17. The average Bonchev–Trinajstić information content (AvgIpc) is 2.68. The molecule has 1 heterocycles. The number of hydrogen-bond donors (Lipinski definition) is 2. The Morgan fingerprint density at radius 3 is 2.69 bits per heavy atom. The van der Waals surface area contributed by atoms with Gasteiger partial charge in [0.1, 0.15) is 12.1 Å². The number of anilines is 3. The second-order valence-electron chi connectivity index (χ2n) is 5.80. The van der Waals surface area contributed by atoms with Crippen molar-refractivity contribution in [3.05, 3.63) is 79.6 Å². The normalized spacial score (nSPS) is 10.6. The number of carbonyl (C=O) groups is 1. The minimum Gasteiger partial charge on any atom is -0.339 e. The summed E-state index contributed by atoms with van der Waals surface area (Å²) in [5.74, 6) is 0.422. The van der Waals surface area contributed by atoms with Crippen LogP contribution >= 0.6 is 0 Å². The maximum atomic E-state index is 11.6. The summed E-state index contributed by atoms with van der Waals surface area (Å²) < 4.78 is 0. The van der Waals surface area contributed by atoms with Gasteiger partial charge in [-0.25, -0.2) is 9.97 Å². The van der Waals surface area contributed by atoms with Gasteiger partial charge in [0.2, 0.25) is 5.91 Å². The van der Waals surface area contributed by atoms with E-state index in [9.17, 15) is 4.79 Å². The predicted molar refractivity (Wildman–Crippen MR) is 106 cm³/mol. The van der Waals surface area contributed by atoms with Crippen molar-refractivity contribution < 1.29 is 4.79 Å². The molecule has 0 spiro atoms. The first kappa shape index (κ1) is 15.8. The molecule has 0 aliphatic rings. The van der Waals surface area contributed by atoms with Crippen molar-refractivity contribution in [2.45, 2.75) is 0 Å². The first-order chi connectivity index (χ1) is 12.7. The van der Waals surface area contributed by atoms with Gasteiger partial charge in [-0.2, -0.15) is 0 Å². The van der Waals surface area contributed by atoms with Crippen LogP contribution in [0.25, 0.3) is 21.7 Å². The van der Waals surface area contributed by atoms with E-state index in [4.69, 9.17) is 0 Å². The summed E-state index contributed by atoms with van der Waals surface area (Å²) in [5, 5.41) is 9.24. The summed E-state index contributed by atoms with van der Waals surface area (Å²) in [5.41, 5.74) is 2.42. The number of hydrogen-bond acceptors (Lipinski definition) is 4. The van der Waals surface area contributed by atoms with Gasteiger partial charge in [0.25, 0.3) is 0 Å². The van der Waals surface area contributed by atoms with E-state index >= 15 is 0 Å². The molecule has 1 aromatic heterocycles. The zero-order valence-electron chi connectivity index (χ0n) is 13.9. The number of benzene rings is 3. The number of fused-ring (bicyclic) bond motifs is 2. The molecule has 5 heteroatoms. The van der Waals surface area contributed by atoms with Crippen LogP contribution in [0.2, 0.25) is 0 Å². The van der Waals surface area contributed by atoms with Crippen molar-refractivity contribution in [2.24, 2.45) is 0 Å². The molecular weight excluding hydrogens is 324 g/mol. The molecule has 0 atom stereocenters. The Labute approximate surface area is 150 Å². The van der Waals surface area contributed by atoms with Crippen molar-refractivity contribution in [1.82, 2.24) is 9.97 Å². The molecule has 1 amide bonds. The highest BCUT2D eigenvalue weighted by Crippen LogP contribution is 2.29. The maximum Gasteiger partial charge on any atom is 0.247 e. The minimum absolute atomic E-state index is 0.259. The van der Waals surface area contributed by atoms with Crippen LogP contribution in [0.15, 0.2) is 79.6 Å². The molecule has 0 unspecified atom stereocenters. The molecule has 0 aliphatic heterocycles. The third kappa shape index (κ3) is 2.98. The highest BCUT2D eigenvalue weighted by molar-refractivity contribution is 6.02. The molecule has 0 radical (unpaired) electrons. The summed E-state index contributed by atoms with van der Waals surface area (Å²) in [6, 6.07) is 19.8. The Balaban J connectivity index is 1.79. The zero-order valence-corrected chi connectivity index (χ0v) is 13.9. The second-order valence-corrected chi connectivity index (χ2v) is 5.80. The fourth-order valence-electron chi connectivity index (χ4n) is 2.89. The second kappa shape index (κ2) is 6.64. The Morgan fingerprint density at radius 2 is 1.81 bits per heavy atom. The molecule has 26 heavy (non-hydrogen) atoms. The number of carbonyl (C=O) groups excluding carboxylic acids is 1. The van der Waals surface area contributed by atoms with Gasteiger partial charge >= 0.3 is 0 Å². The summed E-state index contributed by atoms with van der Waals surface area (Å²) in [6.07, 6.45) is 2.76. The number of rotatable bonds is 4. The predicted octanol–water partition coefficient (Wildman–Crippen LogP) is 4.65. The van der Waals surface area contributed by atoms with E-state index in [1.165, 1.54) is 12.4 Å². The van der Waals surface area contributed by atoms with Gasteiger partial charge in [0, 0.05) is 22.1 Å². The van der Waals surface area contributed by atoms with Crippen LogP contribution in [0.4, 0.5) is 17.2 Å². The highest BCUT2D eigenvalue weighted by Gasteiger charge is 2.08. The van der Waals surface area contributed by atoms with Crippen LogP contribution in [-0.2, 0) is 4.79 Å². The molecule has 4 aromatic rings. The Bertz CT molecular complexity index is 1130. The fraction of sp³-hybridized carbons (Fsp3) is 0. The van der Waals surface area contributed by atoms with Crippen molar-refractivity contribution in [3.63, 3.8) is 0 Å². The molecule has 2 N–H and O–H groups in total. The molecule has 0 saturated heterocycles. The Kier molecular flexibility index (Phi) is 4.03. The quantitative estimate of drug-likeness (QED) is 0.531. The third-order valence-corrected chi connectivity index (χ3v) is 4.13. The van der Waals surface area contributed by atoms with Crippen molar-refractivity contribution in [2.75, 3.05) is 10.6 Å². The standard InChI is InChI=1S/C21H16N4O/c1-2-20(26)24-15-10-11-18-17(12-15)21(23-13-22-18)25-19-9-5-7-14-6-3-4-8-16(14)19/h2-13H,1H2,(H,24,26)(H,22,23,25). The third-order valence-electron chi connectivity index (χ3n) is 4.13. The lowest BCUT2D eigenvalue weighted by Gasteiger charge is -2.12. The first-order valence-electron chi connectivity index (χ1n) is 8.17. The monoisotopic (exact) mass is 340 g/mol. The van der Waals surface area contributed by atoms with Crippen molar-refractivity contribution in [3.8, 4) is 0 Å². The smallest absolute Gasteiger partial charge is 0.247 e. The molecule has 5 nitrogen and oxygen atoms in total. The zero-order chi connectivity index (χ0) is 17.9. The van der Waals surface area contributed by atoms with Crippen LogP contribution in [0.5, 0.6) is 0 Å². The van der Waals surface area contributed by atoms with Crippen molar-refractivity contribution >= 4 is 44.8 Å². The lowest BCUT2D eigenvalue weighted by Crippen LogP contribution is -2.07. The van der Waals surface area contributed by atoms with Gasteiger partial charge in [-0.05, 0) is 35.7 Å². The fourth-order valence-corrected chi connectivity index (χ4v) is 2.89. The number of nitrogens with zero attached hydrogens (tertiary/aromatic N) is 2. The average molecular weight is 340 g/mol. The highest BCUT2D eigenvalue weighted by atomic mass is 16.1. The van der Waals surface area contributed by atoms with Crippen LogP contribution in [0.1, 0.15) is 0 Å². The Morgan fingerprint density at radius 1 is 0.962 bits per heavy atom. The lowest BCUT2D eigenvalue weighted by atomic mass is 10.1. The molecule has 0 fully saturated rings. The minimum atomic E-state index is -0.259. The van der Waals surface area contributed by atoms with Crippen LogP contribution in [-0.4, -0.2) is 15.9 Å². The summed E-state index contributed by atoms with van der Waals surface area (Å²) in [4.78, 5) is 20.3. The Hall–Kier alpha value is -3.73. The number of amides is 1. The summed E-state index contributed by atoms with van der Waals surface area (Å²) in [7, 11) is 0. The van der Waals surface area contributed by atoms with Crippen LogP contribution < -0.4 is 10.6 Å². The molecule has 4 rings (SSSR count). The van der Waals surface area contributed by atoms with Gasteiger partial charge in [0.15, 0.2) is 0 Å². The van der Waals surface area contributed by atoms with E-state index in [1.807, 2.05) is 36.4 Å². The van der Waals surface area contributed by atoms with E-state index < -0.39 is 0 Å². The van der Waals surface area contributed by atoms with Gasteiger partial charge in [-0.1, -0.05) is 43.0 Å². The SMILES string of the molecule is C=CC(=O)Nc1ccc2ncnc(Nc3cccc4ccccc34)c2c1. The largest absolute Gasteiger partial charge is 0.339 e. The van der Waals surface area contributed by atoms with E-state index in [1.54, 1.807) is 6.07 Å². The summed E-state index contributed by atoms with van der Waals surface area (Å²) >= 11 is 0. The molecule has 3 aromatic carbocycles. The van der Waals surface area contributed by atoms with Gasteiger partial charge < -0.3 is 10.6 Å². The van der Waals surface area contributed by atoms with E-state index in [0.717, 1.165) is 27.4 Å². The topological polar surface area (TPSA) is 66.9 Å². The molecular formula is C21H16N4O. The van der Waals surface area contributed by atoms with Gasteiger partial charge in [0.05, 0.1) is 5.52 Å². The lowest BCUT2D eigenvalue weighted by molar-refractivity contribution is -0.111. The van der Waals surface area contributed by atoms with E-state index in [2.05, 4.69) is 45.4 Å². The maximum absolute atomic E-state index is 11.6. The van der Waals surface area contributed by atoms with E-state index in [-0.39, 0.29) is 5.91 Å². The van der Waals surface area contributed by atoms with Gasteiger partial charge in [-0.3, -0.25) is 4.79 Å². The summed E-state index contributed by atoms with van der Waals surface area (Å²) in [6.45, 7) is 3.47. The molecule has 0 aliphatic carbocycles. The van der Waals surface area contributed by atoms with Crippen molar-refractivity contribution in [1.29, 1.82) is 0 Å². The molecule has 0 bridgehead atoms. The molecule has 126 valence electrons.